The Hall–Kier alpha value is -0.790. The third-order valence-electron chi connectivity index (χ3n) is 10.8. The monoisotopic (exact) mass is 643 g/mol. The van der Waals surface area contributed by atoms with Crippen molar-refractivity contribution < 1.29 is 0 Å². The maximum Gasteiger partial charge on any atom is 0.111 e. The molecule has 1 aromatic rings. The number of unbranched alkanes of at least 4 members (excludes halogenated alkanes) is 29. The van der Waals surface area contributed by atoms with E-state index in [4.69, 9.17) is 4.98 Å². The Morgan fingerprint density at radius 2 is 0.717 bits per heavy atom. The number of rotatable bonds is 37. The van der Waals surface area contributed by atoms with Crippen molar-refractivity contribution in [3.05, 3.63) is 18.2 Å². The van der Waals surface area contributed by atoms with E-state index in [9.17, 15) is 0 Å². The van der Waals surface area contributed by atoms with Crippen molar-refractivity contribution in [1.29, 1.82) is 0 Å². The number of hydrogen-bond acceptors (Lipinski definition) is 1. The van der Waals surface area contributed by atoms with Gasteiger partial charge in [0.15, 0.2) is 0 Å². The highest BCUT2D eigenvalue weighted by Crippen LogP contribution is 2.30. The van der Waals surface area contributed by atoms with E-state index in [1.807, 2.05) is 0 Å². The zero-order valence-electron chi connectivity index (χ0n) is 32.5. The van der Waals surface area contributed by atoms with Gasteiger partial charge in [0.2, 0.25) is 0 Å². The van der Waals surface area contributed by atoms with Crippen LogP contribution in [0.3, 0.4) is 0 Å². The van der Waals surface area contributed by atoms with Gasteiger partial charge < -0.3 is 4.57 Å². The fraction of sp³-hybridized carbons (Fsp3) is 0.932. The predicted octanol–water partition coefficient (Wildman–Crippen LogP) is 16.2. The molecule has 0 spiro atoms. The molecule has 0 amide bonds. The second kappa shape index (κ2) is 34.1. The summed E-state index contributed by atoms with van der Waals surface area (Å²) in [5.41, 5.74) is 0. The molecule has 272 valence electrons. The van der Waals surface area contributed by atoms with Crippen LogP contribution in [0.4, 0.5) is 0 Å². The van der Waals surface area contributed by atoms with Gasteiger partial charge in [0, 0.05) is 24.4 Å². The van der Waals surface area contributed by atoms with Crippen LogP contribution in [-0.4, -0.2) is 9.55 Å². The van der Waals surface area contributed by atoms with Crippen molar-refractivity contribution in [3.8, 4) is 0 Å². The Bertz CT molecular complexity index is 709. The van der Waals surface area contributed by atoms with Crippen LogP contribution < -0.4 is 0 Å². The van der Waals surface area contributed by atoms with E-state index in [1.54, 1.807) is 0 Å². The maximum atomic E-state index is 4.96. The van der Waals surface area contributed by atoms with Crippen LogP contribution in [0.5, 0.6) is 0 Å². The molecule has 2 nitrogen and oxygen atoms in total. The number of nitrogens with zero attached hydrogens (tertiary/aromatic N) is 2. The molecule has 0 saturated heterocycles. The van der Waals surface area contributed by atoms with E-state index in [0.717, 1.165) is 0 Å². The van der Waals surface area contributed by atoms with Crippen LogP contribution in [0.1, 0.15) is 270 Å². The molecular formula is C44H86N2. The Morgan fingerprint density at radius 1 is 0.413 bits per heavy atom. The zero-order chi connectivity index (χ0) is 33.2. The smallest absolute Gasteiger partial charge is 0.111 e. The van der Waals surface area contributed by atoms with E-state index >= 15 is 0 Å². The topological polar surface area (TPSA) is 17.8 Å². The van der Waals surface area contributed by atoms with E-state index in [-0.39, 0.29) is 0 Å². The van der Waals surface area contributed by atoms with Gasteiger partial charge in [-0.3, -0.25) is 0 Å². The Balaban J connectivity index is 2.13. The lowest BCUT2D eigenvalue weighted by Crippen LogP contribution is -2.13. The molecule has 0 aliphatic rings. The normalized spacial score (nSPS) is 13.0. The summed E-state index contributed by atoms with van der Waals surface area (Å²) in [6, 6.07) is 0.588. The minimum Gasteiger partial charge on any atom is -0.332 e. The van der Waals surface area contributed by atoms with Gasteiger partial charge in [0.05, 0.1) is 0 Å². The summed E-state index contributed by atoms with van der Waals surface area (Å²) in [6.07, 6.45) is 54.3. The van der Waals surface area contributed by atoms with E-state index < -0.39 is 0 Å². The molecule has 2 heteroatoms. The fourth-order valence-electron chi connectivity index (χ4n) is 7.58. The molecule has 0 fully saturated rings. The van der Waals surface area contributed by atoms with Crippen molar-refractivity contribution in [2.24, 2.45) is 0 Å². The Labute approximate surface area is 291 Å². The molecule has 0 aliphatic heterocycles. The molecule has 0 aliphatic carbocycles. The molecule has 1 heterocycles. The lowest BCUT2D eigenvalue weighted by molar-refractivity contribution is 0.415. The van der Waals surface area contributed by atoms with Crippen molar-refractivity contribution >= 4 is 0 Å². The summed E-state index contributed by atoms with van der Waals surface area (Å²) in [7, 11) is 0. The van der Waals surface area contributed by atoms with E-state index in [2.05, 4.69) is 44.7 Å². The molecule has 1 aromatic heterocycles. The van der Waals surface area contributed by atoms with Gasteiger partial charge in [-0.15, -0.1) is 0 Å². The van der Waals surface area contributed by atoms with Crippen LogP contribution in [-0.2, 0) is 0 Å². The van der Waals surface area contributed by atoms with Gasteiger partial charge in [0.1, 0.15) is 5.82 Å². The van der Waals surface area contributed by atoms with Crippen LogP contribution in [0.2, 0.25) is 0 Å². The lowest BCUT2D eigenvalue weighted by atomic mass is 9.93. The first-order valence-electron chi connectivity index (χ1n) is 21.8. The van der Waals surface area contributed by atoms with Gasteiger partial charge in [-0.05, 0) is 26.2 Å². The number of hydrogen-bond donors (Lipinski definition) is 0. The summed E-state index contributed by atoms with van der Waals surface area (Å²) in [4.78, 5) is 4.96. The molecule has 1 rings (SSSR count). The van der Waals surface area contributed by atoms with Crippen LogP contribution >= 0.6 is 0 Å². The van der Waals surface area contributed by atoms with Gasteiger partial charge in [-0.2, -0.15) is 0 Å². The van der Waals surface area contributed by atoms with Gasteiger partial charge >= 0.3 is 0 Å². The molecule has 0 radical (unpaired) electrons. The van der Waals surface area contributed by atoms with Gasteiger partial charge in [-0.25, -0.2) is 4.98 Å². The van der Waals surface area contributed by atoms with E-state index in [0.29, 0.717) is 12.0 Å². The van der Waals surface area contributed by atoms with Crippen LogP contribution in [0.25, 0.3) is 0 Å². The van der Waals surface area contributed by atoms with Crippen molar-refractivity contribution in [1.82, 2.24) is 9.55 Å². The third kappa shape index (κ3) is 25.3. The van der Waals surface area contributed by atoms with Gasteiger partial charge in [-0.1, -0.05) is 226 Å². The first kappa shape index (κ1) is 43.2. The molecule has 2 atom stereocenters. The van der Waals surface area contributed by atoms with Gasteiger partial charge in [0.25, 0.3) is 0 Å². The second-order valence-electron chi connectivity index (χ2n) is 15.4. The summed E-state index contributed by atoms with van der Waals surface area (Å²) in [5.74, 6) is 2.05. The predicted molar refractivity (Wildman–Crippen MR) is 208 cm³/mol. The minimum atomic E-state index is 0.588. The minimum absolute atomic E-state index is 0.588. The summed E-state index contributed by atoms with van der Waals surface area (Å²) < 4.78 is 2.56. The zero-order valence-corrected chi connectivity index (χ0v) is 32.5. The van der Waals surface area contributed by atoms with Crippen molar-refractivity contribution in [2.45, 2.75) is 264 Å². The summed E-state index contributed by atoms with van der Waals surface area (Å²) in [5, 5.41) is 0. The molecular weight excluding hydrogens is 556 g/mol. The first-order chi connectivity index (χ1) is 22.7. The van der Waals surface area contributed by atoms with Crippen LogP contribution in [0, 0.1) is 0 Å². The Kier molecular flexibility index (Phi) is 32.0. The average Bonchev–Trinajstić information content (AvgIpc) is 3.56. The SMILES string of the molecule is CCCCCCCCCCCCCCCCCC(CCCC)c1nccn1C(C)CCCCCCCCCCCCCCCCC. The molecule has 0 bridgehead atoms. The van der Waals surface area contributed by atoms with Crippen LogP contribution in [0.15, 0.2) is 12.4 Å². The average molecular weight is 643 g/mol. The third-order valence-corrected chi connectivity index (χ3v) is 10.8. The Morgan fingerprint density at radius 3 is 1.09 bits per heavy atom. The largest absolute Gasteiger partial charge is 0.332 e. The highest BCUT2D eigenvalue weighted by molar-refractivity contribution is 5.02. The lowest BCUT2D eigenvalue weighted by Gasteiger charge is -2.22. The number of imidazole rings is 1. The molecule has 0 N–H and O–H groups in total. The maximum absolute atomic E-state index is 4.96. The second-order valence-corrected chi connectivity index (χ2v) is 15.4. The molecule has 2 unspecified atom stereocenters. The summed E-state index contributed by atoms with van der Waals surface area (Å²) >= 11 is 0. The molecule has 46 heavy (non-hydrogen) atoms. The summed E-state index contributed by atoms with van der Waals surface area (Å²) in [6.45, 7) is 9.41. The van der Waals surface area contributed by atoms with Crippen molar-refractivity contribution in [3.63, 3.8) is 0 Å². The fourth-order valence-corrected chi connectivity index (χ4v) is 7.58. The number of aromatic nitrogens is 2. The highest BCUT2D eigenvalue weighted by atomic mass is 15.1. The standard InChI is InChI=1S/C44H86N2/c1-5-8-11-13-15-17-19-21-23-25-27-29-31-33-35-37-42(4)46-41-40-45-44(46)43(38-10-7-3)39-36-34-32-30-28-26-24-22-20-18-16-14-12-9-6-2/h40-43H,5-39H2,1-4H3. The quantitative estimate of drug-likeness (QED) is 0.0660. The first-order valence-corrected chi connectivity index (χ1v) is 21.8. The highest BCUT2D eigenvalue weighted by Gasteiger charge is 2.19. The molecule has 0 saturated carbocycles. The molecule has 0 aromatic carbocycles. The van der Waals surface area contributed by atoms with Crippen molar-refractivity contribution in [2.75, 3.05) is 0 Å². The van der Waals surface area contributed by atoms with E-state index in [1.165, 1.54) is 231 Å².